The summed E-state index contributed by atoms with van der Waals surface area (Å²) in [6.07, 6.45) is 2.59. The van der Waals surface area contributed by atoms with E-state index in [4.69, 9.17) is 0 Å². The maximum absolute atomic E-state index is 11.9. The van der Waals surface area contributed by atoms with Crippen LogP contribution in [0.3, 0.4) is 0 Å². The predicted octanol–water partition coefficient (Wildman–Crippen LogP) is 0.0001000. The Hall–Kier alpha value is -2.05. The van der Waals surface area contributed by atoms with Crippen molar-refractivity contribution in [3.05, 3.63) is 23.5 Å². The number of allylic oxidation sites excluding steroid dienone is 3. The molecule has 2 aliphatic rings. The van der Waals surface area contributed by atoms with Crippen LogP contribution >= 0.6 is 0 Å². The number of hydrogen-bond donors (Lipinski definition) is 0. The molecule has 0 N–H and O–H groups in total. The van der Waals surface area contributed by atoms with Gasteiger partial charge in [-0.1, -0.05) is 0 Å². The number of rotatable bonds is 3. The lowest BCUT2D eigenvalue weighted by Gasteiger charge is -2.14. The van der Waals surface area contributed by atoms with Gasteiger partial charge in [-0.2, -0.15) is 13.9 Å². The number of carboxylic acid groups (broad SMARTS) is 1. The van der Waals surface area contributed by atoms with Crippen molar-refractivity contribution in [3.8, 4) is 0 Å². The molecule has 0 aromatic rings. The third-order valence-electron chi connectivity index (χ3n) is 2.05. The van der Waals surface area contributed by atoms with Gasteiger partial charge in [0, 0.05) is 5.57 Å². The van der Waals surface area contributed by atoms with Gasteiger partial charge < -0.3 is 14.6 Å². The SMILES string of the molecule is O=C([O-])C1=NN=C2CC(OC(F)F)=CC=C21. The molecule has 7 heteroatoms. The number of ether oxygens (including phenoxy) is 1. The van der Waals surface area contributed by atoms with Crippen LogP contribution < -0.4 is 5.11 Å². The molecule has 0 unspecified atom stereocenters. The standard InChI is InChI=1S/C9H6F2N2O3/c10-9(11)16-4-1-2-5-6(3-4)12-13-7(5)8(14)15/h1-2,9H,3H2,(H,14,15)/p-1. The molecule has 0 saturated carbocycles. The summed E-state index contributed by atoms with van der Waals surface area (Å²) in [6.45, 7) is -2.91. The van der Waals surface area contributed by atoms with E-state index in [0.29, 0.717) is 0 Å². The first-order valence-corrected chi connectivity index (χ1v) is 4.30. The van der Waals surface area contributed by atoms with Gasteiger partial charge in [-0.25, -0.2) is 0 Å². The van der Waals surface area contributed by atoms with Crippen LogP contribution in [0.15, 0.2) is 33.7 Å². The molecule has 1 heterocycles. The molecule has 0 aromatic heterocycles. The number of halogens is 2. The summed E-state index contributed by atoms with van der Waals surface area (Å²) in [4.78, 5) is 10.6. The van der Waals surface area contributed by atoms with E-state index >= 15 is 0 Å². The van der Waals surface area contributed by atoms with E-state index in [1.165, 1.54) is 12.2 Å². The molecule has 16 heavy (non-hydrogen) atoms. The van der Waals surface area contributed by atoms with E-state index in [1.807, 2.05) is 0 Å². The quantitative estimate of drug-likeness (QED) is 0.681. The van der Waals surface area contributed by atoms with Crippen LogP contribution in [-0.4, -0.2) is 24.0 Å². The predicted molar refractivity (Wildman–Crippen MR) is 47.7 cm³/mol. The Bertz CT molecular complexity index is 463. The summed E-state index contributed by atoms with van der Waals surface area (Å²) < 4.78 is 28.0. The third kappa shape index (κ3) is 1.83. The monoisotopic (exact) mass is 227 g/mol. The minimum absolute atomic E-state index is 0.00352. The van der Waals surface area contributed by atoms with Gasteiger partial charge in [0.05, 0.1) is 18.1 Å². The maximum Gasteiger partial charge on any atom is 0.387 e. The Labute approximate surface area is 88.4 Å². The van der Waals surface area contributed by atoms with E-state index in [0.717, 1.165) is 0 Å². The van der Waals surface area contributed by atoms with Crippen molar-refractivity contribution in [2.75, 3.05) is 0 Å². The van der Waals surface area contributed by atoms with Crippen LogP contribution in [0.25, 0.3) is 0 Å². The first-order valence-electron chi connectivity index (χ1n) is 4.30. The first kappa shape index (κ1) is 10.5. The highest BCUT2D eigenvalue weighted by molar-refractivity contribution is 6.50. The molecule has 84 valence electrons. The Balaban J connectivity index is 2.20. The summed E-state index contributed by atoms with van der Waals surface area (Å²) in [6, 6.07) is 0. The maximum atomic E-state index is 11.9. The third-order valence-corrected chi connectivity index (χ3v) is 2.05. The molecule has 0 radical (unpaired) electrons. The van der Waals surface area contributed by atoms with Gasteiger partial charge in [0.2, 0.25) is 0 Å². The van der Waals surface area contributed by atoms with Gasteiger partial charge in [0.15, 0.2) is 0 Å². The minimum atomic E-state index is -2.91. The van der Waals surface area contributed by atoms with Crippen LogP contribution in [0.2, 0.25) is 0 Å². The highest BCUT2D eigenvalue weighted by atomic mass is 19.3. The Morgan fingerprint density at radius 1 is 1.44 bits per heavy atom. The lowest BCUT2D eigenvalue weighted by Crippen LogP contribution is -2.33. The fourth-order valence-corrected chi connectivity index (χ4v) is 1.41. The zero-order valence-corrected chi connectivity index (χ0v) is 7.81. The molecule has 0 bridgehead atoms. The van der Waals surface area contributed by atoms with Gasteiger partial charge in [0.25, 0.3) is 0 Å². The molecule has 0 aromatic carbocycles. The van der Waals surface area contributed by atoms with Crippen LogP contribution in [0.5, 0.6) is 0 Å². The average Bonchev–Trinajstić information content (AvgIpc) is 2.59. The summed E-state index contributed by atoms with van der Waals surface area (Å²) in [5.74, 6) is -1.43. The number of aliphatic carboxylic acids is 1. The van der Waals surface area contributed by atoms with Crippen LogP contribution in [0.4, 0.5) is 8.78 Å². The number of alkyl halides is 2. The van der Waals surface area contributed by atoms with Gasteiger partial charge in [-0.15, -0.1) is 5.10 Å². The largest absolute Gasteiger partial charge is 0.543 e. The lowest BCUT2D eigenvalue weighted by atomic mass is 9.98. The Morgan fingerprint density at radius 2 is 2.19 bits per heavy atom. The normalized spacial score (nSPS) is 18.4. The van der Waals surface area contributed by atoms with Gasteiger partial charge in [-0.3, -0.25) is 0 Å². The van der Waals surface area contributed by atoms with E-state index in [1.54, 1.807) is 0 Å². The molecule has 1 aliphatic carbocycles. The molecular formula is C9H5F2N2O3-. The van der Waals surface area contributed by atoms with Crippen molar-refractivity contribution in [1.29, 1.82) is 0 Å². The molecule has 1 aliphatic heterocycles. The molecule has 5 nitrogen and oxygen atoms in total. The summed E-state index contributed by atoms with van der Waals surface area (Å²) in [5, 5.41) is 17.5. The van der Waals surface area contributed by atoms with Crippen molar-refractivity contribution >= 4 is 17.4 Å². The topological polar surface area (TPSA) is 74.1 Å². The van der Waals surface area contributed by atoms with E-state index in [9.17, 15) is 18.7 Å². The second-order valence-electron chi connectivity index (χ2n) is 3.05. The fourth-order valence-electron chi connectivity index (χ4n) is 1.41. The van der Waals surface area contributed by atoms with Crippen molar-refractivity contribution in [2.45, 2.75) is 13.0 Å². The van der Waals surface area contributed by atoms with Crippen LogP contribution in [0.1, 0.15) is 6.42 Å². The average molecular weight is 227 g/mol. The summed E-state index contributed by atoms with van der Waals surface area (Å²) >= 11 is 0. The van der Waals surface area contributed by atoms with Crippen molar-refractivity contribution < 1.29 is 23.4 Å². The minimum Gasteiger partial charge on any atom is -0.543 e. The zero-order chi connectivity index (χ0) is 11.7. The van der Waals surface area contributed by atoms with Crippen molar-refractivity contribution in [1.82, 2.24) is 0 Å². The Morgan fingerprint density at radius 3 is 2.81 bits per heavy atom. The molecule has 0 saturated heterocycles. The number of hydrogen-bond acceptors (Lipinski definition) is 5. The van der Waals surface area contributed by atoms with Crippen LogP contribution in [-0.2, 0) is 9.53 Å². The molecule has 0 spiro atoms. The number of nitrogens with zero attached hydrogens (tertiary/aromatic N) is 2. The first-order chi connectivity index (χ1) is 7.58. The number of carbonyl (C=O) groups is 1. The van der Waals surface area contributed by atoms with Gasteiger partial charge in [0.1, 0.15) is 11.5 Å². The highest BCUT2D eigenvalue weighted by Crippen LogP contribution is 2.23. The lowest BCUT2D eigenvalue weighted by molar-refractivity contribution is -0.294. The summed E-state index contributed by atoms with van der Waals surface area (Å²) in [7, 11) is 0. The molecule has 0 amide bonds. The number of fused-ring (bicyclic) bond motifs is 1. The van der Waals surface area contributed by atoms with Crippen LogP contribution in [0, 0.1) is 0 Å². The van der Waals surface area contributed by atoms with E-state index in [-0.39, 0.29) is 29.2 Å². The van der Waals surface area contributed by atoms with E-state index < -0.39 is 12.6 Å². The second kappa shape index (κ2) is 3.84. The van der Waals surface area contributed by atoms with Gasteiger partial charge in [-0.05, 0) is 12.2 Å². The highest BCUT2D eigenvalue weighted by Gasteiger charge is 2.25. The molecule has 0 atom stereocenters. The summed E-state index contributed by atoms with van der Waals surface area (Å²) in [5.41, 5.74) is 0.279. The van der Waals surface area contributed by atoms with Crippen molar-refractivity contribution in [3.63, 3.8) is 0 Å². The van der Waals surface area contributed by atoms with Crippen molar-refractivity contribution in [2.24, 2.45) is 10.2 Å². The second-order valence-corrected chi connectivity index (χ2v) is 3.05. The smallest absolute Gasteiger partial charge is 0.387 e. The fraction of sp³-hybridized carbons (Fsp3) is 0.222. The van der Waals surface area contributed by atoms with Gasteiger partial charge >= 0.3 is 6.61 Å². The molecular weight excluding hydrogens is 222 g/mol. The molecule has 0 fully saturated rings. The van der Waals surface area contributed by atoms with E-state index in [2.05, 4.69) is 14.9 Å². The number of carboxylic acids is 1. The molecule has 2 rings (SSSR count). The Kier molecular flexibility index (Phi) is 2.51. The zero-order valence-electron chi connectivity index (χ0n) is 7.81. The number of carbonyl (C=O) groups excluding carboxylic acids is 1.